The van der Waals surface area contributed by atoms with E-state index in [1.165, 1.54) is 30.2 Å². The number of esters is 1. The maximum absolute atomic E-state index is 12.2. The van der Waals surface area contributed by atoms with Gasteiger partial charge in [0.25, 0.3) is 0 Å². The van der Waals surface area contributed by atoms with Gasteiger partial charge in [0.05, 0.1) is 17.9 Å². The summed E-state index contributed by atoms with van der Waals surface area (Å²) in [6.45, 7) is 2.14. The van der Waals surface area contributed by atoms with E-state index in [4.69, 9.17) is 4.74 Å². The molecule has 1 aromatic heterocycles. The van der Waals surface area contributed by atoms with Crippen LogP contribution in [0.15, 0.2) is 4.21 Å². The number of ether oxygens (including phenoxy) is 1. The lowest BCUT2D eigenvalue weighted by Crippen LogP contribution is -2.22. The van der Waals surface area contributed by atoms with Crippen molar-refractivity contribution in [1.82, 2.24) is 4.90 Å². The third kappa shape index (κ3) is 3.13. The van der Waals surface area contributed by atoms with Crippen molar-refractivity contribution in [3.8, 4) is 0 Å². The number of hydrogen-bond donors (Lipinski definition) is 0. The maximum atomic E-state index is 12.2. The summed E-state index contributed by atoms with van der Waals surface area (Å²) in [7, 11) is 5.04. The Labute approximate surface area is 115 Å². The maximum Gasteiger partial charge on any atom is 0.348 e. The van der Waals surface area contributed by atoms with Gasteiger partial charge in [0.2, 0.25) is 0 Å². The molecule has 0 saturated carbocycles. The number of ketones is 1. The van der Waals surface area contributed by atoms with E-state index < -0.39 is 0 Å². The summed E-state index contributed by atoms with van der Waals surface area (Å²) in [4.78, 5) is 26.1. The summed E-state index contributed by atoms with van der Waals surface area (Å²) in [5.74, 6) is -0.343. The molecule has 0 amide bonds. The van der Waals surface area contributed by atoms with Crippen molar-refractivity contribution in [1.29, 1.82) is 0 Å². The Morgan fingerprint density at radius 3 is 2.44 bits per heavy atom. The first-order valence-corrected chi connectivity index (χ1v) is 7.40. The molecule has 0 atom stereocenters. The van der Waals surface area contributed by atoms with Gasteiger partial charge < -0.3 is 9.64 Å². The van der Waals surface area contributed by atoms with Crippen LogP contribution in [-0.4, -0.2) is 50.7 Å². The molecule has 0 saturated heterocycles. The largest absolute Gasteiger partial charge is 0.465 e. The first-order chi connectivity index (χ1) is 8.42. The standard InChI is InChI=1S/C12H17NO3S2/c1-7-9(8(14)6-13(2)3)12(17-5)18-10(7)11(15)16-4/h6H2,1-5H3. The Hall–Kier alpha value is -0.850. The zero-order chi connectivity index (χ0) is 13.9. The van der Waals surface area contributed by atoms with Crippen LogP contribution in [0.1, 0.15) is 25.6 Å². The number of rotatable bonds is 5. The summed E-state index contributed by atoms with van der Waals surface area (Å²) >= 11 is 2.81. The smallest absolute Gasteiger partial charge is 0.348 e. The number of thioether (sulfide) groups is 1. The van der Waals surface area contributed by atoms with E-state index in [0.717, 1.165) is 9.77 Å². The average molecular weight is 287 g/mol. The molecular weight excluding hydrogens is 270 g/mol. The Kier molecular flexibility index (Phi) is 5.37. The van der Waals surface area contributed by atoms with Gasteiger partial charge in [0, 0.05) is 5.56 Å². The van der Waals surface area contributed by atoms with Crippen LogP contribution in [-0.2, 0) is 4.74 Å². The minimum absolute atomic E-state index is 0.0354. The summed E-state index contributed by atoms with van der Waals surface area (Å²) in [5, 5.41) is 0. The van der Waals surface area contributed by atoms with E-state index in [1.807, 2.05) is 25.3 Å². The molecule has 0 aromatic carbocycles. The Morgan fingerprint density at radius 2 is 2.00 bits per heavy atom. The van der Waals surface area contributed by atoms with Crippen molar-refractivity contribution >= 4 is 34.9 Å². The molecule has 6 heteroatoms. The van der Waals surface area contributed by atoms with Gasteiger partial charge in [-0.05, 0) is 32.8 Å². The van der Waals surface area contributed by atoms with Crippen molar-refractivity contribution in [3.63, 3.8) is 0 Å². The number of hydrogen-bond acceptors (Lipinski definition) is 6. The molecule has 4 nitrogen and oxygen atoms in total. The van der Waals surface area contributed by atoms with E-state index in [9.17, 15) is 9.59 Å². The van der Waals surface area contributed by atoms with Gasteiger partial charge in [-0.25, -0.2) is 4.79 Å². The van der Waals surface area contributed by atoms with Crippen LogP contribution in [0.4, 0.5) is 0 Å². The lowest BCUT2D eigenvalue weighted by atomic mass is 10.1. The van der Waals surface area contributed by atoms with Crippen LogP contribution in [0.5, 0.6) is 0 Å². The first kappa shape index (κ1) is 15.2. The molecule has 18 heavy (non-hydrogen) atoms. The zero-order valence-electron chi connectivity index (χ0n) is 11.2. The number of carbonyl (C=O) groups excluding carboxylic acids is 2. The summed E-state index contributed by atoms with van der Waals surface area (Å²) in [5.41, 5.74) is 1.38. The number of methoxy groups -OCH3 is 1. The van der Waals surface area contributed by atoms with Crippen LogP contribution in [0.2, 0.25) is 0 Å². The molecule has 0 bridgehead atoms. The molecule has 0 aliphatic heterocycles. The quantitative estimate of drug-likeness (QED) is 0.472. The average Bonchev–Trinajstić information content (AvgIpc) is 2.64. The van der Waals surface area contributed by atoms with Crippen LogP contribution in [0, 0.1) is 6.92 Å². The SMILES string of the molecule is COC(=O)c1sc(SC)c(C(=O)CN(C)C)c1C. The van der Waals surface area contributed by atoms with Gasteiger partial charge in [-0.15, -0.1) is 23.1 Å². The Balaban J connectivity index is 3.22. The molecule has 1 rings (SSSR count). The third-order valence-corrected chi connectivity index (χ3v) is 4.80. The van der Waals surface area contributed by atoms with Crippen molar-refractivity contribution in [2.75, 3.05) is 34.0 Å². The van der Waals surface area contributed by atoms with Gasteiger partial charge in [-0.3, -0.25) is 4.79 Å². The van der Waals surface area contributed by atoms with E-state index in [1.54, 1.807) is 6.92 Å². The number of carbonyl (C=O) groups is 2. The highest BCUT2D eigenvalue weighted by molar-refractivity contribution is 8.00. The van der Waals surface area contributed by atoms with Crippen molar-refractivity contribution < 1.29 is 14.3 Å². The summed E-state index contributed by atoms with van der Waals surface area (Å²) in [6, 6.07) is 0. The third-order valence-electron chi connectivity index (χ3n) is 2.41. The van der Waals surface area contributed by atoms with Crippen LogP contribution >= 0.6 is 23.1 Å². The van der Waals surface area contributed by atoms with Crippen molar-refractivity contribution in [2.45, 2.75) is 11.1 Å². The highest BCUT2D eigenvalue weighted by atomic mass is 32.2. The molecule has 1 aromatic rings. The molecule has 0 aliphatic carbocycles. The number of Topliss-reactive ketones (excluding diaryl/α,β-unsaturated/α-hetero) is 1. The fourth-order valence-electron chi connectivity index (χ4n) is 1.61. The monoisotopic (exact) mass is 287 g/mol. The highest BCUT2D eigenvalue weighted by Crippen LogP contribution is 2.35. The second-order valence-corrected chi connectivity index (χ2v) is 6.17. The van der Waals surface area contributed by atoms with Gasteiger partial charge in [-0.1, -0.05) is 0 Å². The predicted octanol–water partition coefficient (Wildman–Crippen LogP) is 2.31. The Bertz CT molecular complexity index is 466. The van der Waals surface area contributed by atoms with Crippen LogP contribution in [0.3, 0.4) is 0 Å². The minimum atomic E-state index is -0.378. The molecule has 0 unspecified atom stereocenters. The number of nitrogens with zero attached hydrogens (tertiary/aromatic N) is 1. The van der Waals surface area contributed by atoms with Crippen LogP contribution in [0.25, 0.3) is 0 Å². The van der Waals surface area contributed by atoms with Gasteiger partial charge in [0.1, 0.15) is 4.88 Å². The number of thiophene rings is 1. The van der Waals surface area contributed by atoms with Gasteiger partial charge >= 0.3 is 5.97 Å². The second kappa shape index (κ2) is 6.36. The lowest BCUT2D eigenvalue weighted by Gasteiger charge is -2.09. The fourth-order valence-corrected chi connectivity index (χ4v) is 3.64. The van der Waals surface area contributed by atoms with E-state index in [2.05, 4.69) is 0 Å². The predicted molar refractivity (Wildman–Crippen MR) is 75.1 cm³/mol. The first-order valence-electron chi connectivity index (χ1n) is 5.36. The molecule has 1 heterocycles. The summed E-state index contributed by atoms with van der Waals surface area (Å²) in [6.07, 6.45) is 1.90. The fraction of sp³-hybridized carbons (Fsp3) is 0.500. The van der Waals surface area contributed by atoms with Gasteiger partial charge in [0.15, 0.2) is 5.78 Å². The van der Waals surface area contributed by atoms with E-state index in [-0.39, 0.29) is 11.8 Å². The molecule has 0 spiro atoms. The van der Waals surface area contributed by atoms with Crippen molar-refractivity contribution in [3.05, 3.63) is 16.0 Å². The normalized spacial score (nSPS) is 10.8. The van der Waals surface area contributed by atoms with E-state index in [0.29, 0.717) is 17.0 Å². The van der Waals surface area contributed by atoms with E-state index >= 15 is 0 Å². The molecule has 0 radical (unpaired) electrons. The lowest BCUT2D eigenvalue weighted by molar-refractivity contribution is 0.0605. The molecule has 100 valence electrons. The topological polar surface area (TPSA) is 46.6 Å². The van der Waals surface area contributed by atoms with Gasteiger partial charge in [-0.2, -0.15) is 0 Å². The summed E-state index contributed by atoms with van der Waals surface area (Å²) < 4.78 is 5.61. The Morgan fingerprint density at radius 1 is 1.39 bits per heavy atom. The highest BCUT2D eigenvalue weighted by Gasteiger charge is 2.24. The van der Waals surface area contributed by atoms with Crippen LogP contribution < -0.4 is 0 Å². The minimum Gasteiger partial charge on any atom is -0.465 e. The second-order valence-electron chi connectivity index (χ2n) is 4.08. The van der Waals surface area contributed by atoms with Crippen molar-refractivity contribution in [2.24, 2.45) is 0 Å². The molecular formula is C12H17NO3S2. The molecule has 0 N–H and O–H groups in total. The molecule has 0 fully saturated rings. The zero-order valence-corrected chi connectivity index (χ0v) is 12.8. The number of likely N-dealkylation sites (N-methyl/N-ethyl adjacent to an activating group) is 1. The molecule has 0 aliphatic rings.